The Balaban J connectivity index is 2.08. The van der Waals surface area contributed by atoms with E-state index in [1.54, 1.807) is 27.7 Å². The summed E-state index contributed by atoms with van der Waals surface area (Å²) in [4.78, 5) is 32.0. The highest BCUT2D eigenvalue weighted by molar-refractivity contribution is 6.30. The molecule has 0 fully saturated rings. The Labute approximate surface area is 167 Å². The number of rotatable bonds is 2. The average Bonchev–Trinajstić information content (AvgIpc) is 3.00. The van der Waals surface area contributed by atoms with E-state index >= 15 is 0 Å². The SMILES string of the molecule is C=C1CN(C(C)=O)c2ccc3c(=O)n(-c4ccc(Cl)cc4)c(C(C)C)nc3c21. The maximum Gasteiger partial charge on any atom is 0.266 e. The minimum absolute atomic E-state index is 0.0159. The lowest BCUT2D eigenvalue weighted by molar-refractivity contribution is -0.116. The van der Waals surface area contributed by atoms with Crippen LogP contribution in [-0.4, -0.2) is 22.0 Å². The van der Waals surface area contributed by atoms with Crippen LogP contribution in [0.2, 0.25) is 5.02 Å². The van der Waals surface area contributed by atoms with Crippen molar-refractivity contribution in [3.63, 3.8) is 0 Å². The molecule has 3 aromatic rings. The standard InChI is InChI=1S/C22H20ClN3O2/c1-12(2)21-24-20-17(22(28)26(21)16-7-5-15(23)6-8-16)9-10-18-19(20)13(3)11-25(18)14(4)27/h5-10,12H,3,11H2,1-2,4H3. The molecule has 5 nitrogen and oxygen atoms in total. The molecule has 1 aromatic heterocycles. The van der Waals surface area contributed by atoms with Gasteiger partial charge in [-0.1, -0.05) is 32.0 Å². The number of hydrogen-bond acceptors (Lipinski definition) is 3. The molecule has 4 rings (SSSR count). The zero-order valence-corrected chi connectivity index (χ0v) is 16.7. The molecular formula is C22H20ClN3O2. The lowest BCUT2D eigenvalue weighted by Gasteiger charge is -2.18. The zero-order valence-electron chi connectivity index (χ0n) is 16.0. The van der Waals surface area contributed by atoms with Crippen LogP contribution in [0.4, 0.5) is 5.69 Å². The fraction of sp³-hybridized carbons (Fsp3) is 0.227. The number of hydrogen-bond donors (Lipinski definition) is 0. The van der Waals surface area contributed by atoms with Gasteiger partial charge in [-0.05, 0) is 42.0 Å². The predicted octanol–water partition coefficient (Wildman–Crippen LogP) is 4.54. The van der Waals surface area contributed by atoms with E-state index in [-0.39, 0.29) is 17.4 Å². The molecule has 0 unspecified atom stereocenters. The number of fused-ring (bicyclic) bond motifs is 3. The first-order valence-electron chi connectivity index (χ1n) is 9.11. The molecule has 0 saturated carbocycles. The molecule has 0 spiro atoms. The van der Waals surface area contributed by atoms with Gasteiger partial charge in [-0.25, -0.2) is 4.98 Å². The van der Waals surface area contributed by atoms with E-state index in [1.165, 1.54) is 6.92 Å². The summed E-state index contributed by atoms with van der Waals surface area (Å²) in [5.41, 5.74) is 3.52. The first-order valence-corrected chi connectivity index (χ1v) is 9.49. The molecule has 28 heavy (non-hydrogen) atoms. The second kappa shape index (κ2) is 6.60. The van der Waals surface area contributed by atoms with E-state index in [4.69, 9.17) is 16.6 Å². The van der Waals surface area contributed by atoms with Crippen LogP contribution in [0.25, 0.3) is 22.2 Å². The van der Waals surface area contributed by atoms with Gasteiger partial charge in [0.05, 0.1) is 28.8 Å². The molecule has 2 heterocycles. The Morgan fingerprint density at radius 1 is 1.18 bits per heavy atom. The number of anilines is 1. The number of carbonyl (C=O) groups is 1. The van der Waals surface area contributed by atoms with Crippen LogP contribution in [0, 0.1) is 0 Å². The maximum atomic E-state index is 13.4. The van der Waals surface area contributed by atoms with E-state index < -0.39 is 0 Å². The molecular weight excluding hydrogens is 374 g/mol. The van der Waals surface area contributed by atoms with Crippen LogP contribution in [0.15, 0.2) is 47.8 Å². The highest BCUT2D eigenvalue weighted by Gasteiger charge is 2.29. The minimum Gasteiger partial charge on any atom is -0.308 e. The average molecular weight is 394 g/mol. The number of halogens is 1. The van der Waals surface area contributed by atoms with Crippen molar-refractivity contribution in [3.05, 3.63) is 69.7 Å². The molecule has 2 aromatic carbocycles. The summed E-state index contributed by atoms with van der Waals surface area (Å²) in [5.74, 6) is 0.613. The lowest BCUT2D eigenvalue weighted by atomic mass is 10.0. The minimum atomic E-state index is -0.145. The van der Waals surface area contributed by atoms with Gasteiger partial charge < -0.3 is 4.90 Å². The Bertz CT molecular complexity index is 1190. The van der Waals surface area contributed by atoms with Crippen LogP contribution < -0.4 is 10.5 Å². The first kappa shape index (κ1) is 18.4. The van der Waals surface area contributed by atoms with Gasteiger partial charge in [-0.15, -0.1) is 0 Å². The van der Waals surface area contributed by atoms with Crippen LogP contribution >= 0.6 is 11.6 Å². The van der Waals surface area contributed by atoms with Crippen molar-refractivity contribution in [3.8, 4) is 5.69 Å². The van der Waals surface area contributed by atoms with Crippen LogP contribution in [0.1, 0.15) is 38.1 Å². The third-order valence-electron chi connectivity index (χ3n) is 5.02. The maximum absolute atomic E-state index is 13.4. The smallest absolute Gasteiger partial charge is 0.266 e. The number of amides is 1. The molecule has 1 amide bonds. The highest BCUT2D eigenvalue weighted by Crippen LogP contribution is 2.39. The molecule has 0 radical (unpaired) electrons. The van der Waals surface area contributed by atoms with Gasteiger partial charge in [0.25, 0.3) is 5.56 Å². The van der Waals surface area contributed by atoms with Crippen molar-refractivity contribution in [1.82, 2.24) is 9.55 Å². The number of carbonyl (C=O) groups excluding carboxylic acids is 1. The first-order chi connectivity index (χ1) is 13.3. The summed E-state index contributed by atoms with van der Waals surface area (Å²) in [6.45, 7) is 10.1. The third-order valence-corrected chi connectivity index (χ3v) is 5.27. The molecule has 0 saturated heterocycles. The summed E-state index contributed by atoms with van der Waals surface area (Å²) < 4.78 is 1.64. The van der Waals surface area contributed by atoms with Crippen molar-refractivity contribution in [2.75, 3.05) is 11.4 Å². The summed E-state index contributed by atoms with van der Waals surface area (Å²) >= 11 is 6.01. The van der Waals surface area contributed by atoms with Crippen molar-refractivity contribution in [2.24, 2.45) is 0 Å². The molecule has 0 bridgehead atoms. The van der Waals surface area contributed by atoms with E-state index in [2.05, 4.69) is 6.58 Å². The molecule has 0 aliphatic carbocycles. The monoisotopic (exact) mass is 393 g/mol. The second-order valence-corrected chi connectivity index (χ2v) is 7.74. The van der Waals surface area contributed by atoms with Gasteiger partial charge >= 0.3 is 0 Å². The lowest BCUT2D eigenvalue weighted by Crippen LogP contribution is -2.26. The second-order valence-electron chi connectivity index (χ2n) is 7.31. The summed E-state index contributed by atoms with van der Waals surface area (Å²) in [7, 11) is 0. The molecule has 0 N–H and O–H groups in total. The summed E-state index contributed by atoms with van der Waals surface area (Å²) in [5, 5.41) is 1.11. The van der Waals surface area contributed by atoms with Gasteiger partial charge in [-0.2, -0.15) is 0 Å². The normalized spacial score (nSPS) is 13.5. The molecule has 0 atom stereocenters. The zero-order chi connectivity index (χ0) is 20.2. The summed E-state index contributed by atoms with van der Waals surface area (Å²) in [6.07, 6.45) is 0. The number of nitrogens with zero attached hydrogens (tertiary/aromatic N) is 3. The van der Waals surface area contributed by atoms with E-state index in [0.717, 1.165) is 22.5 Å². The topological polar surface area (TPSA) is 55.2 Å². The van der Waals surface area contributed by atoms with Gasteiger partial charge in [0.15, 0.2) is 0 Å². The Kier molecular flexibility index (Phi) is 4.35. The molecule has 1 aliphatic rings. The van der Waals surface area contributed by atoms with Crippen LogP contribution in [-0.2, 0) is 4.79 Å². The highest BCUT2D eigenvalue weighted by atomic mass is 35.5. The predicted molar refractivity (Wildman–Crippen MR) is 114 cm³/mol. The van der Waals surface area contributed by atoms with Crippen molar-refractivity contribution in [2.45, 2.75) is 26.7 Å². The van der Waals surface area contributed by atoms with Crippen molar-refractivity contribution < 1.29 is 4.79 Å². The Hall–Kier alpha value is -2.92. The largest absolute Gasteiger partial charge is 0.308 e. The van der Waals surface area contributed by atoms with Gasteiger partial charge in [0.2, 0.25) is 5.91 Å². The van der Waals surface area contributed by atoms with Crippen molar-refractivity contribution >= 4 is 39.7 Å². The van der Waals surface area contributed by atoms with E-state index in [9.17, 15) is 9.59 Å². The molecule has 6 heteroatoms. The fourth-order valence-electron chi connectivity index (χ4n) is 3.69. The van der Waals surface area contributed by atoms with E-state index in [0.29, 0.717) is 28.3 Å². The number of benzene rings is 2. The van der Waals surface area contributed by atoms with E-state index in [1.807, 2.05) is 32.0 Å². The quantitative estimate of drug-likeness (QED) is 0.642. The van der Waals surface area contributed by atoms with Gasteiger partial charge in [0.1, 0.15) is 5.82 Å². The summed E-state index contributed by atoms with van der Waals surface area (Å²) in [6, 6.07) is 10.7. The third kappa shape index (κ3) is 2.74. The Morgan fingerprint density at radius 3 is 2.46 bits per heavy atom. The molecule has 142 valence electrons. The van der Waals surface area contributed by atoms with Crippen LogP contribution in [0.3, 0.4) is 0 Å². The van der Waals surface area contributed by atoms with Gasteiger partial charge in [0, 0.05) is 23.4 Å². The Morgan fingerprint density at radius 2 is 1.86 bits per heavy atom. The molecule has 1 aliphatic heterocycles. The number of aromatic nitrogens is 2. The van der Waals surface area contributed by atoms with Crippen molar-refractivity contribution in [1.29, 1.82) is 0 Å². The van der Waals surface area contributed by atoms with Gasteiger partial charge in [-0.3, -0.25) is 14.2 Å². The fourth-order valence-corrected chi connectivity index (χ4v) is 3.82. The van der Waals surface area contributed by atoms with Crippen LogP contribution in [0.5, 0.6) is 0 Å².